The van der Waals surface area contributed by atoms with Crippen molar-refractivity contribution in [2.24, 2.45) is 0 Å². The first-order valence-corrected chi connectivity index (χ1v) is 11.6. The van der Waals surface area contributed by atoms with E-state index in [4.69, 9.17) is 0 Å². The first-order chi connectivity index (χ1) is 14.4. The van der Waals surface area contributed by atoms with Crippen LogP contribution >= 0.6 is 15.9 Å². The van der Waals surface area contributed by atoms with E-state index >= 15 is 0 Å². The Bertz CT molecular complexity index is 1070. The first kappa shape index (κ1) is 21.1. The third kappa shape index (κ3) is 4.33. The van der Waals surface area contributed by atoms with Crippen molar-refractivity contribution in [2.75, 3.05) is 33.2 Å². The molecule has 0 bridgehead atoms. The Kier molecular flexibility index (Phi) is 6.30. The van der Waals surface area contributed by atoms with Crippen molar-refractivity contribution in [3.8, 4) is 0 Å². The van der Waals surface area contributed by atoms with Gasteiger partial charge in [0.05, 0.1) is 0 Å². The highest BCUT2D eigenvalue weighted by molar-refractivity contribution is 9.10. The van der Waals surface area contributed by atoms with Crippen molar-refractivity contribution >= 4 is 32.7 Å². The standard InChI is InChI=1S/C25H30BrN3O/c1-17-5-7-22-21(18(17)2)10-14-29(25(22)30)12-4-11-28(3)13-9-19-16-27-24-8-6-20(26)15-23(19)24/h5-8,15-16,27H,4,9-14H2,1-3H3. The van der Waals surface area contributed by atoms with Crippen LogP contribution in [0, 0.1) is 13.8 Å². The summed E-state index contributed by atoms with van der Waals surface area (Å²) < 4.78 is 1.11. The summed E-state index contributed by atoms with van der Waals surface area (Å²) in [5.74, 6) is 0.200. The number of benzene rings is 2. The van der Waals surface area contributed by atoms with Gasteiger partial charge in [0.25, 0.3) is 5.91 Å². The normalized spacial score (nSPS) is 14.0. The van der Waals surface area contributed by atoms with Gasteiger partial charge in [-0.1, -0.05) is 22.0 Å². The van der Waals surface area contributed by atoms with E-state index in [0.29, 0.717) is 0 Å². The van der Waals surface area contributed by atoms with Crippen LogP contribution < -0.4 is 0 Å². The smallest absolute Gasteiger partial charge is 0.254 e. The zero-order chi connectivity index (χ0) is 21.3. The van der Waals surface area contributed by atoms with Crippen LogP contribution in [-0.2, 0) is 12.8 Å². The molecule has 0 atom stereocenters. The number of nitrogens with zero attached hydrogens (tertiary/aromatic N) is 2. The summed E-state index contributed by atoms with van der Waals surface area (Å²) in [6, 6.07) is 10.5. The number of hydrogen-bond acceptors (Lipinski definition) is 2. The average Bonchev–Trinajstić information content (AvgIpc) is 3.13. The topological polar surface area (TPSA) is 39.3 Å². The molecule has 0 unspecified atom stereocenters. The van der Waals surface area contributed by atoms with Gasteiger partial charge in [0.2, 0.25) is 0 Å². The Morgan fingerprint density at radius 2 is 2.00 bits per heavy atom. The van der Waals surface area contributed by atoms with Crippen molar-refractivity contribution in [1.29, 1.82) is 0 Å². The number of H-pyrrole nitrogens is 1. The third-order valence-electron chi connectivity index (χ3n) is 6.48. The molecule has 4 nitrogen and oxygen atoms in total. The number of fused-ring (bicyclic) bond motifs is 2. The van der Waals surface area contributed by atoms with Gasteiger partial charge in [-0.05, 0) is 93.2 Å². The zero-order valence-electron chi connectivity index (χ0n) is 18.1. The van der Waals surface area contributed by atoms with Crippen LogP contribution in [-0.4, -0.2) is 53.9 Å². The van der Waals surface area contributed by atoms with E-state index in [-0.39, 0.29) is 5.91 Å². The number of hydrogen-bond donors (Lipinski definition) is 1. The molecule has 0 spiro atoms. The Balaban J connectivity index is 1.27. The third-order valence-corrected chi connectivity index (χ3v) is 6.97. The molecule has 0 radical (unpaired) electrons. The maximum absolute atomic E-state index is 12.9. The molecule has 0 aliphatic carbocycles. The van der Waals surface area contributed by atoms with E-state index < -0.39 is 0 Å². The lowest BCUT2D eigenvalue weighted by Gasteiger charge is -2.30. The van der Waals surface area contributed by atoms with Gasteiger partial charge >= 0.3 is 0 Å². The number of aromatic amines is 1. The number of halogens is 1. The number of rotatable bonds is 7. The maximum Gasteiger partial charge on any atom is 0.254 e. The van der Waals surface area contributed by atoms with Gasteiger partial charge in [0, 0.05) is 46.8 Å². The molecule has 1 amide bonds. The molecule has 1 aromatic heterocycles. The molecule has 0 fully saturated rings. The molecule has 0 saturated heterocycles. The number of nitrogens with one attached hydrogen (secondary N) is 1. The molecule has 4 rings (SSSR count). The van der Waals surface area contributed by atoms with E-state index in [1.54, 1.807) is 0 Å². The summed E-state index contributed by atoms with van der Waals surface area (Å²) in [5.41, 5.74) is 7.25. The highest BCUT2D eigenvalue weighted by Gasteiger charge is 2.25. The number of aryl methyl sites for hydroxylation is 1. The lowest BCUT2D eigenvalue weighted by molar-refractivity contribution is 0.0733. The molecule has 1 N–H and O–H groups in total. The van der Waals surface area contributed by atoms with Crippen LogP contribution in [0.2, 0.25) is 0 Å². The van der Waals surface area contributed by atoms with Crippen LogP contribution in [0.15, 0.2) is 41.0 Å². The van der Waals surface area contributed by atoms with Crippen LogP contribution in [0.5, 0.6) is 0 Å². The molecule has 3 aromatic rings. The summed E-state index contributed by atoms with van der Waals surface area (Å²) in [6.45, 7) is 7.93. The number of carbonyl (C=O) groups is 1. The van der Waals surface area contributed by atoms with Gasteiger partial charge in [-0.15, -0.1) is 0 Å². The zero-order valence-corrected chi connectivity index (χ0v) is 19.7. The molecule has 2 aromatic carbocycles. The molecule has 2 heterocycles. The lowest BCUT2D eigenvalue weighted by atomic mass is 9.91. The summed E-state index contributed by atoms with van der Waals surface area (Å²) >= 11 is 3.57. The van der Waals surface area contributed by atoms with Gasteiger partial charge in [0.15, 0.2) is 0 Å². The SMILES string of the molecule is Cc1ccc2c(c1C)CCN(CCCN(C)CCc1c[nH]c3ccc(Br)cc13)C2=O. The van der Waals surface area contributed by atoms with Crippen LogP contribution in [0.25, 0.3) is 10.9 Å². The van der Waals surface area contributed by atoms with Crippen LogP contribution in [0.4, 0.5) is 0 Å². The van der Waals surface area contributed by atoms with Gasteiger partial charge in [-0.25, -0.2) is 0 Å². The first-order valence-electron chi connectivity index (χ1n) is 10.8. The second kappa shape index (κ2) is 8.94. The van der Waals surface area contributed by atoms with Gasteiger partial charge in [-0.3, -0.25) is 4.79 Å². The van der Waals surface area contributed by atoms with Crippen LogP contribution in [0.3, 0.4) is 0 Å². The second-order valence-corrected chi connectivity index (χ2v) is 9.40. The summed E-state index contributed by atoms with van der Waals surface area (Å²) in [7, 11) is 2.17. The minimum absolute atomic E-state index is 0.200. The Labute approximate surface area is 187 Å². The predicted molar refractivity (Wildman–Crippen MR) is 127 cm³/mol. The fourth-order valence-electron chi connectivity index (χ4n) is 4.44. The van der Waals surface area contributed by atoms with E-state index in [1.807, 2.05) is 11.0 Å². The second-order valence-electron chi connectivity index (χ2n) is 8.49. The summed E-state index contributed by atoms with van der Waals surface area (Å²) in [5, 5.41) is 1.29. The van der Waals surface area contributed by atoms with E-state index in [9.17, 15) is 4.79 Å². The lowest BCUT2D eigenvalue weighted by Crippen LogP contribution is -2.39. The van der Waals surface area contributed by atoms with Gasteiger partial charge in [0.1, 0.15) is 0 Å². The largest absolute Gasteiger partial charge is 0.361 e. The summed E-state index contributed by atoms with van der Waals surface area (Å²) in [6.07, 6.45) is 5.11. The fourth-order valence-corrected chi connectivity index (χ4v) is 4.80. The van der Waals surface area contributed by atoms with Crippen molar-refractivity contribution in [2.45, 2.75) is 33.1 Å². The minimum Gasteiger partial charge on any atom is -0.361 e. The highest BCUT2D eigenvalue weighted by atomic mass is 79.9. The number of likely N-dealkylation sites (N-methyl/N-ethyl adjacent to an activating group) is 1. The number of carbonyl (C=O) groups excluding carboxylic acids is 1. The van der Waals surface area contributed by atoms with Gasteiger partial charge in [-0.2, -0.15) is 0 Å². The average molecular weight is 468 g/mol. The van der Waals surface area contributed by atoms with Crippen molar-refractivity contribution in [1.82, 2.24) is 14.8 Å². The van der Waals surface area contributed by atoms with E-state index in [2.05, 4.69) is 77.2 Å². The fraction of sp³-hybridized carbons (Fsp3) is 0.400. The van der Waals surface area contributed by atoms with E-state index in [1.165, 1.54) is 33.2 Å². The van der Waals surface area contributed by atoms with Crippen molar-refractivity contribution in [3.05, 3.63) is 68.8 Å². The monoisotopic (exact) mass is 467 g/mol. The molecule has 30 heavy (non-hydrogen) atoms. The van der Waals surface area contributed by atoms with Crippen molar-refractivity contribution < 1.29 is 4.79 Å². The molecule has 5 heteroatoms. The van der Waals surface area contributed by atoms with E-state index in [0.717, 1.165) is 55.5 Å². The molecular weight excluding hydrogens is 438 g/mol. The predicted octanol–water partition coefficient (Wildman–Crippen LogP) is 5.11. The minimum atomic E-state index is 0.200. The van der Waals surface area contributed by atoms with Gasteiger partial charge < -0.3 is 14.8 Å². The maximum atomic E-state index is 12.9. The Morgan fingerprint density at radius 3 is 2.83 bits per heavy atom. The molecule has 1 aliphatic rings. The highest BCUT2D eigenvalue weighted by Crippen LogP contribution is 2.25. The molecule has 1 aliphatic heterocycles. The quantitative estimate of drug-likeness (QED) is 0.524. The molecule has 158 valence electrons. The molecular formula is C25H30BrN3O. The van der Waals surface area contributed by atoms with Crippen molar-refractivity contribution in [3.63, 3.8) is 0 Å². The van der Waals surface area contributed by atoms with Crippen LogP contribution in [0.1, 0.15) is 39.0 Å². The number of aromatic nitrogens is 1. The molecule has 0 saturated carbocycles. The summed E-state index contributed by atoms with van der Waals surface area (Å²) in [4.78, 5) is 20.7. The number of amides is 1. The Morgan fingerprint density at radius 1 is 1.17 bits per heavy atom. The Hall–Kier alpha value is -2.11.